The molecular formula is C84H50N2O2S2. The number of para-hydroxylation sites is 6. The lowest BCUT2D eigenvalue weighted by Gasteiger charge is -2.08. The number of furan rings is 2. The van der Waals surface area contributed by atoms with Gasteiger partial charge in [-0.3, -0.25) is 0 Å². The Labute approximate surface area is 524 Å². The fourth-order valence-corrected chi connectivity index (χ4v) is 16.5. The first-order chi connectivity index (χ1) is 44.6. The minimum atomic E-state index is 0.921. The van der Waals surface area contributed by atoms with E-state index < -0.39 is 0 Å². The number of rotatable bonds is 6. The van der Waals surface area contributed by atoms with Gasteiger partial charge in [0.05, 0.1) is 11.0 Å². The first kappa shape index (κ1) is 50.8. The minimum absolute atomic E-state index is 0.921. The second-order valence-electron chi connectivity index (χ2n) is 23.4. The average Bonchev–Trinajstić information content (AvgIpc) is 2.09. The van der Waals surface area contributed by atoms with E-state index >= 15 is 0 Å². The van der Waals surface area contributed by atoms with E-state index in [4.69, 9.17) is 8.83 Å². The molecule has 6 heterocycles. The Morgan fingerprint density at radius 3 is 1.22 bits per heavy atom. The van der Waals surface area contributed by atoms with Crippen LogP contribution in [-0.2, 0) is 0 Å². The summed E-state index contributed by atoms with van der Waals surface area (Å²) in [7, 11) is 0. The van der Waals surface area contributed by atoms with Crippen LogP contribution in [0, 0.1) is 0 Å². The molecule has 20 rings (SSSR count). The van der Waals surface area contributed by atoms with Gasteiger partial charge in [0.15, 0.2) is 11.2 Å². The van der Waals surface area contributed by atoms with Gasteiger partial charge in [-0.1, -0.05) is 212 Å². The molecule has 0 radical (unpaired) electrons. The summed E-state index contributed by atoms with van der Waals surface area (Å²) in [5, 5.41) is 15.0. The van der Waals surface area contributed by atoms with Gasteiger partial charge in [0.2, 0.25) is 0 Å². The van der Waals surface area contributed by atoms with E-state index in [1.165, 1.54) is 84.1 Å². The highest BCUT2D eigenvalue weighted by Gasteiger charge is 2.24. The number of hydrogen-bond donors (Lipinski definition) is 0. The molecule has 6 heteroatoms. The Hall–Kier alpha value is -11.3. The third kappa shape index (κ3) is 7.92. The predicted molar refractivity (Wildman–Crippen MR) is 384 cm³/mol. The van der Waals surface area contributed by atoms with Crippen LogP contribution in [0.4, 0.5) is 0 Å². The predicted octanol–water partition coefficient (Wildman–Crippen LogP) is 24.8. The molecule has 20 aromatic rings. The summed E-state index contributed by atoms with van der Waals surface area (Å²) >= 11 is 3.75. The summed E-state index contributed by atoms with van der Waals surface area (Å²) in [5.41, 5.74) is 19.9. The van der Waals surface area contributed by atoms with E-state index in [0.717, 1.165) is 99.6 Å². The van der Waals surface area contributed by atoms with Gasteiger partial charge in [0.25, 0.3) is 0 Å². The standard InChI is InChI=1S/2C42H25NOS/c1-2-11-31(12-3-1)43-37-16-7-6-13-34(37)42-40(43)35-15-8-14-32(41(35)44-42)27-19-17-26(18-20-27)30-21-22-33-36-23-28-9-4-5-10-29(28)24-39(36)45-38(33)25-30;1-2-10-30(11-3-1)43-36-16-7-6-13-33(36)42-40(43)35-15-8-14-32(41(35)44-42)28-19-17-26(18-20-28)29-21-23-34-38(25-29)45-37-24-22-27-9-4-5-12-31(27)39(34)37/h2*1-25H. The zero-order chi connectivity index (χ0) is 59.0. The largest absolute Gasteiger partial charge is 0.453 e. The summed E-state index contributed by atoms with van der Waals surface area (Å²) in [6.45, 7) is 0. The van der Waals surface area contributed by atoms with Gasteiger partial charge in [0, 0.05) is 84.4 Å². The van der Waals surface area contributed by atoms with Crippen molar-refractivity contribution in [1.82, 2.24) is 9.13 Å². The highest BCUT2D eigenvalue weighted by molar-refractivity contribution is 7.26. The first-order valence-electron chi connectivity index (χ1n) is 30.5. The normalized spacial score (nSPS) is 12.0. The molecule has 0 aliphatic heterocycles. The van der Waals surface area contributed by atoms with Crippen molar-refractivity contribution in [2.75, 3.05) is 0 Å². The zero-order valence-electron chi connectivity index (χ0n) is 48.4. The summed E-state index contributed by atoms with van der Waals surface area (Å²) in [6, 6.07) is 109. The van der Waals surface area contributed by atoms with Crippen molar-refractivity contribution in [1.29, 1.82) is 0 Å². The molecule has 0 N–H and O–H groups in total. The van der Waals surface area contributed by atoms with E-state index in [1.807, 2.05) is 22.7 Å². The number of nitrogens with zero attached hydrogens (tertiary/aromatic N) is 2. The molecule has 0 bridgehead atoms. The fourth-order valence-electron chi connectivity index (χ4n) is 14.2. The molecule has 0 fully saturated rings. The van der Waals surface area contributed by atoms with E-state index in [1.54, 1.807) is 0 Å². The number of thiophene rings is 2. The molecule has 0 atom stereocenters. The van der Waals surface area contributed by atoms with E-state index in [9.17, 15) is 0 Å². The Kier molecular flexibility index (Phi) is 11.4. The van der Waals surface area contributed by atoms with Crippen LogP contribution in [0.5, 0.6) is 0 Å². The third-order valence-corrected chi connectivity index (χ3v) is 20.6. The van der Waals surface area contributed by atoms with Crippen LogP contribution in [0.15, 0.2) is 312 Å². The van der Waals surface area contributed by atoms with Gasteiger partial charge in [-0.05, 0) is 146 Å². The Morgan fingerprint density at radius 1 is 0.233 bits per heavy atom. The van der Waals surface area contributed by atoms with Crippen LogP contribution >= 0.6 is 22.7 Å². The lowest BCUT2D eigenvalue weighted by Crippen LogP contribution is -1.92. The summed E-state index contributed by atoms with van der Waals surface area (Å²) in [5.74, 6) is 0. The molecule has 0 aliphatic carbocycles. The maximum absolute atomic E-state index is 6.76. The molecule has 6 aromatic heterocycles. The van der Waals surface area contributed by atoms with E-state index in [-0.39, 0.29) is 0 Å². The van der Waals surface area contributed by atoms with Gasteiger partial charge >= 0.3 is 0 Å². The van der Waals surface area contributed by atoms with Crippen molar-refractivity contribution in [2.45, 2.75) is 0 Å². The molecule has 420 valence electrons. The highest BCUT2D eigenvalue weighted by Crippen LogP contribution is 2.46. The van der Waals surface area contributed by atoms with E-state index in [2.05, 4.69) is 312 Å². The molecule has 14 aromatic carbocycles. The second-order valence-corrected chi connectivity index (χ2v) is 25.6. The number of aromatic nitrogens is 2. The summed E-state index contributed by atoms with van der Waals surface area (Å²) < 4.78 is 23.5. The topological polar surface area (TPSA) is 36.1 Å². The second kappa shape index (κ2) is 20.1. The van der Waals surface area contributed by atoms with Crippen molar-refractivity contribution in [3.8, 4) is 55.9 Å². The fraction of sp³-hybridized carbons (Fsp3) is 0. The maximum atomic E-state index is 6.76. The van der Waals surface area contributed by atoms with Crippen LogP contribution in [0.25, 0.3) is 184 Å². The Balaban J connectivity index is 0.000000130. The van der Waals surface area contributed by atoms with Crippen molar-refractivity contribution in [3.05, 3.63) is 303 Å². The van der Waals surface area contributed by atoms with Crippen molar-refractivity contribution < 1.29 is 8.83 Å². The third-order valence-electron chi connectivity index (χ3n) is 18.4. The van der Waals surface area contributed by atoms with Crippen LogP contribution < -0.4 is 0 Å². The molecule has 0 saturated heterocycles. The molecule has 0 unspecified atom stereocenters. The number of fused-ring (bicyclic) bond motifs is 19. The molecular weight excluding hydrogens is 1130 g/mol. The first-order valence-corrected chi connectivity index (χ1v) is 32.2. The monoisotopic (exact) mass is 1180 g/mol. The minimum Gasteiger partial charge on any atom is -0.453 e. The highest BCUT2D eigenvalue weighted by atomic mass is 32.1. The van der Waals surface area contributed by atoms with E-state index in [0.29, 0.717) is 0 Å². The quantitative estimate of drug-likeness (QED) is 0.166. The number of benzene rings is 14. The SMILES string of the molecule is c1ccc(-n2c3ccccc3c3oc4c(-c5ccc(-c6ccc7c(c6)sc6cc8ccccc8cc67)cc5)cccc4c32)cc1.c1ccc(-n2c3ccccc3c3oc4c(-c5ccc(-c6ccc7c(c6)sc6ccc8ccccc8c67)cc5)cccc4c32)cc1. The van der Waals surface area contributed by atoms with Gasteiger partial charge in [-0.25, -0.2) is 0 Å². The van der Waals surface area contributed by atoms with Crippen LogP contribution in [0.2, 0.25) is 0 Å². The van der Waals surface area contributed by atoms with Gasteiger partial charge in [-0.2, -0.15) is 0 Å². The maximum Gasteiger partial charge on any atom is 0.161 e. The average molecular weight is 1180 g/mol. The zero-order valence-corrected chi connectivity index (χ0v) is 50.0. The molecule has 0 amide bonds. The molecule has 0 aliphatic rings. The van der Waals surface area contributed by atoms with Crippen molar-refractivity contribution in [2.24, 2.45) is 0 Å². The van der Waals surface area contributed by atoms with Gasteiger partial charge in [0.1, 0.15) is 22.2 Å². The molecule has 4 nitrogen and oxygen atoms in total. The molecule has 90 heavy (non-hydrogen) atoms. The Morgan fingerprint density at radius 2 is 0.656 bits per heavy atom. The van der Waals surface area contributed by atoms with Crippen LogP contribution in [0.1, 0.15) is 0 Å². The van der Waals surface area contributed by atoms with Crippen LogP contribution in [0.3, 0.4) is 0 Å². The van der Waals surface area contributed by atoms with Crippen LogP contribution in [-0.4, -0.2) is 9.13 Å². The lowest BCUT2D eigenvalue weighted by molar-refractivity contribution is 0.673. The summed E-state index contributed by atoms with van der Waals surface area (Å²) in [4.78, 5) is 0. The smallest absolute Gasteiger partial charge is 0.161 e. The van der Waals surface area contributed by atoms with Gasteiger partial charge in [-0.15, -0.1) is 22.7 Å². The summed E-state index contributed by atoms with van der Waals surface area (Å²) in [6.07, 6.45) is 0. The van der Waals surface area contributed by atoms with Gasteiger partial charge < -0.3 is 18.0 Å². The lowest BCUT2D eigenvalue weighted by atomic mass is 9.98. The number of hydrogen-bond acceptors (Lipinski definition) is 4. The molecule has 0 spiro atoms. The Bertz CT molecular complexity index is 6250. The molecule has 0 saturated carbocycles. The van der Waals surface area contributed by atoms with Crippen molar-refractivity contribution in [3.63, 3.8) is 0 Å². The van der Waals surface area contributed by atoms with Crippen molar-refractivity contribution >= 4 is 151 Å².